The molecule has 150 valence electrons. The van der Waals surface area contributed by atoms with Crippen LogP contribution in [0, 0.1) is 0 Å². The molecule has 28 heavy (non-hydrogen) atoms. The van der Waals surface area contributed by atoms with Crippen molar-refractivity contribution in [1.29, 1.82) is 0 Å². The number of halogens is 1. The van der Waals surface area contributed by atoms with Gasteiger partial charge in [0.05, 0.1) is 6.04 Å². The van der Waals surface area contributed by atoms with E-state index in [-0.39, 0.29) is 30.4 Å². The van der Waals surface area contributed by atoms with Gasteiger partial charge >= 0.3 is 0 Å². The minimum atomic E-state index is -0.642. The van der Waals surface area contributed by atoms with Gasteiger partial charge in [0.15, 0.2) is 0 Å². The second kappa shape index (κ2) is 9.10. The molecule has 3 rings (SSSR count). The molecule has 1 aromatic heterocycles. The van der Waals surface area contributed by atoms with E-state index in [1.165, 1.54) is 10.4 Å². The van der Waals surface area contributed by atoms with Gasteiger partial charge in [-0.2, -0.15) is 0 Å². The van der Waals surface area contributed by atoms with Gasteiger partial charge in [0, 0.05) is 17.5 Å². The largest absolute Gasteiger partial charge is 0.330 e. The SMILES string of the molecule is CC[C@@H](C)N(CC(=O)N1CCc2sccc2[C@@H]1c1ccccc1)C(=O)[C@@H](C)Cl. The molecule has 0 N–H and O–H groups in total. The predicted octanol–water partition coefficient (Wildman–Crippen LogP) is 4.48. The van der Waals surface area contributed by atoms with Crippen LogP contribution < -0.4 is 0 Å². The normalized spacial score (nSPS) is 18.3. The highest BCUT2D eigenvalue weighted by atomic mass is 35.5. The van der Waals surface area contributed by atoms with E-state index in [1.807, 2.05) is 36.9 Å². The highest BCUT2D eigenvalue weighted by molar-refractivity contribution is 7.10. The zero-order chi connectivity index (χ0) is 20.3. The molecule has 3 atom stereocenters. The predicted molar refractivity (Wildman–Crippen MR) is 115 cm³/mol. The van der Waals surface area contributed by atoms with E-state index in [4.69, 9.17) is 11.6 Å². The van der Waals surface area contributed by atoms with Crippen LogP contribution in [0.25, 0.3) is 0 Å². The van der Waals surface area contributed by atoms with Gasteiger partial charge in [0.1, 0.15) is 11.9 Å². The minimum absolute atomic E-state index is 0.0309. The molecule has 1 aliphatic rings. The van der Waals surface area contributed by atoms with Crippen molar-refractivity contribution in [2.45, 2.75) is 51.1 Å². The molecule has 1 aliphatic heterocycles. The summed E-state index contributed by atoms with van der Waals surface area (Å²) in [4.78, 5) is 30.8. The number of rotatable bonds is 6. The molecule has 0 saturated carbocycles. The number of carbonyl (C=O) groups excluding carboxylic acids is 2. The zero-order valence-electron chi connectivity index (χ0n) is 16.6. The lowest BCUT2D eigenvalue weighted by Gasteiger charge is -2.38. The highest BCUT2D eigenvalue weighted by Gasteiger charge is 2.35. The maximum Gasteiger partial charge on any atom is 0.243 e. The van der Waals surface area contributed by atoms with Crippen LogP contribution in [0.5, 0.6) is 0 Å². The van der Waals surface area contributed by atoms with Crippen molar-refractivity contribution in [2.24, 2.45) is 0 Å². The van der Waals surface area contributed by atoms with Gasteiger partial charge in [-0.3, -0.25) is 9.59 Å². The Morgan fingerprint density at radius 1 is 1.25 bits per heavy atom. The van der Waals surface area contributed by atoms with Gasteiger partial charge in [-0.1, -0.05) is 37.3 Å². The summed E-state index contributed by atoms with van der Waals surface area (Å²) in [5.74, 6) is -0.217. The van der Waals surface area contributed by atoms with Crippen LogP contribution >= 0.6 is 22.9 Å². The van der Waals surface area contributed by atoms with Crippen LogP contribution in [0.4, 0.5) is 0 Å². The maximum atomic E-state index is 13.4. The quantitative estimate of drug-likeness (QED) is 0.649. The fourth-order valence-electron chi connectivity index (χ4n) is 3.72. The fourth-order valence-corrected chi connectivity index (χ4v) is 4.75. The first-order chi connectivity index (χ1) is 13.4. The molecular weight excluding hydrogens is 392 g/mol. The van der Waals surface area contributed by atoms with E-state index < -0.39 is 5.38 Å². The second-order valence-corrected chi connectivity index (χ2v) is 8.94. The summed E-state index contributed by atoms with van der Waals surface area (Å²) >= 11 is 7.80. The Labute approximate surface area is 176 Å². The number of benzene rings is 1. The summed E-state index contributed by atoms with van der Waals surface area (Å²) in [6.07, 6.45) is 1.63. The first-order valence-corrected chi connectivity index (χ1v) is 11.1. The smallest absolute Gasteiger partial charge is 0.243 e. The standard InChI is InChI=1S/C22H27ClN2O2S/c1-4-15(2)25(22(27)16(3)23)14-20(26)24-12-10-19-18(11-13-28-19)21(24)17-8-6-5-7-9-17/h5-9,11,13,15-16,21H,4,10,12,14H2,1-3H3/t15-,16-,21+/m1/s1. The van der Waals surface area contributed by atoms with Gasteiger partial charge in [0.25, 0.3) is 0 Å². The molecule has 2 aromatic rings. The molecule has 0 fully saturated rings. The minimum Gasteiger partial charge on any atom is -0.330 e. The van der Waals surface area contributed by atoms with E-state index in [0.717, 1.165) is 18.4 Å². The lowest BCUT2D eigenvalue weighted by molar-refractivity contribution is -0.143. The molecule has 4 nitrogen and oxygen atoms in total. The van der Waals surface area contributed by atoms with Crippen molar-refractivity contribution >= 4 is 34.8 Å². The van der Waals surface area contributed by atoms with Crippen LogP contribution in [0.2, 0.25) is 0 Å². The first-order valence-electron chi connectivity index (χ1n) is 9.79. The fraction of sp³-hybridized carbons (Fsp3) is 0.455. The van der Waals surface area contributed by atoms with Gasteiger partial charge in [-0.25, -0.2) is 0 Å². The van der Waals surface area contributed by atoms with Crippen molar-refractivity contribution in [3.8, 4) is 0 Å². The number of alkyl halides is 1. The van der Waals surface area contributed by atoms with E-state index >= 15 is 0 Å². The number of thiophene rings is 1. The lowest BCUT2D eigenvalue weighted by Crippen LogP contribution is -2.50. The molecule has 0 radical (unpaired) electrons. The molecule has 0 unspecified atom stereocenters. The van der Waals surface area contributed by atoms with Crippen molar-refractivity contribution in [1.82, 2.24) is 9.80 Å². The molecule has 2 heterocycles. The van der Waals surface area contributed by atoms with E-state index in [1.54, 1.807) is 23.2 Å². The van der Waals surface area contributed by atoms with Crippen LogP contribution in [0.3, 0.4) is 0 Å². The third-order valence-electron chi connectivity index (χ3n) is 5.45. The number of nitrogens with zero attached hydrogens (tertiary/aromatic N) is 2. The molecular formula is C22H27ClN2O2S. The van der Waals surface area contributed by atoms with Crippen LogP contribution in [-0.4, -0.2) is 46.1 Å². The average molecular weight is 419 g/mol. The number of amides is 2. The van der Waals surface area contributed by atoms with Crippen LogP contribution in [0.15, 0.2) is 41.8 Å². The Kier molecular flexibility index (Phi) is 6.78. The Morgan fingerprint density at radius 2 is 1.96 bits per heavy atom. The average Bonchev–Trinajstić information content (AvgIpc) is 3.19. The third kappa shape index (κ3) is 4.26. The summed E-state index contributed by atoms with van der Waals surface area (Å²) in [5.41, 5.74) is 2.30. The lowest BCUT2D eigenvalue weighted by atomic mass is 9.93. The zero-order valence-corrected chi connectivity index (χ0v) is 18.2. The summed E-state index contributed by atoms with van der Waals surface area (Å²) < 4.78 is 0. The summed E-state index contributed by atoms with van der Waals surface area (Å²) in [6, 6.07) is 12.1. The van der Waals surface area contributed by atoms with Crippen molar-refractivity contribution in [3.63, 3.8) is 0 Å². The Balaban J connectivity index is 1.90. The van der Waals surface area contributed by atoms with E-state index in [2.05, 4.69) is 23.6 Å². The molecule has 0 spiro atoms. The summed E-state index contributed by atoms with van der Waals surface area (Å²) in [6.45, 7) is 6.36. The molecule has 0 saturated heterocycles. The Bertz CT molecular complexity index is 821. The Hall–Kier alpha value is -1.85. The van der Waals surface area contributed by atoms with Gasteiger partial charge in [-0.15, -0.1) is 22.9 Å². The van der Waals surface area contributed by atoms with Crippen molar-refractivity contribution in [2.75, 3.05) is 13.1 Å². The number of fused-ring (bicyclic) bond motifs is 1. The molecule has 0 aliphatic carbocycles. The molecule has 0 bridgehead atoms. The summed E-state index contributed by atoms with van der Waals surface area (Å²) in [5, 5.41) is 1.45. The molecule has 2 amide bonds. The van der Waals surface area contributed by atoms with Crippen molar-refractivity contribution in [3.05, 3.63) is 57.8 Å². The first kappa shape index (κ1) is 20.9. The maximum absolute atomic E-state index is 13.4. The van der Waals surface area contributed by atoms with Gasteiger partial charge in [0.2, 0.25) is 11.8 Å². The third-order valence-corrected chi connectivity index (χ3v) is 6.64. The molecule has 6 heteroatoms. The van der Waals surface area contributed by atoms with Crippen molar-refractivity contribution < 1.29 is 9.59 Å². The van der Waals surface area contributed by atoms with E-state index in [0.29, 0.717) is 6.54 Å². The Morgan fingerprint density at radius 3 is 2.61 bits per heavy atom. The number of hydrogen-bond acceptors (Lipinski definition) is 3. The molecule has 1 aromatic carbocycles. The van der Waals surface area contributed by atoms with Crippen LogP contribution in [-0.2, 0) is 16.0 Å². The highest BCUT2D eigenvalue weighted by Crippen LogP contribution is 2.37. The number of hydrogen-bond donors (Lipinski definition) is 0. The topological polar surface area (TPSA) is 40.6 Å². The number of carbonyl (C=O) groups is 2. The second-order valence-electron chi connectivity index (χ2n) is 7.29. The van der Waals surface area contributed by atoms with Gasteiger partial charge < -0.3 is 9.80 Å². The van der Waals surface area contributed by atoms with Crippen LogP contribution in [0.1, 0.15) is 49.2 Å². The monoisotopic (exact) mass is 418 g/mol. The van der Waals surface area contributed by atoms with E-state index in [9.17, 15) is 9.59 Å². The summed E-state index contributed by atoms with van der Waals surface area (Å²) in [7, 11) is 0. The van der Waals surface area contributed by atoms with Gasteiger partial charge in [-0.05, 0) is 49.3 Å².